The van der Waals surface area contributed by atoms with Gasteiger partial charge in [-0.25, -0.2) is 9.55 Å². The second kappa shape index (κ2) is 15.5. The summed E-state index contributed by atoms with van der Waals surface area (Å²) in [6.07, 6.45) is 25.4. The van der Waals surface area contributed by atoms with Crippen LogP contribution in [0.15, 0.2) is 12.4 Å². The van der Waals surface area contributed by atoms with Crippen LogP contribution in [0.4, 0.5) is 0 Å². The number of H-pyrrole nitrogens is 1. The van der Waals surface area contributed by atoms with Crippen molar-refractivity contribution in [1.82, 2.24) is 4.98 Å². The van der Waals surface area contributed by atoms with E-state index < -0.39 is 0 Å². The average molecular weight is 350 g/mol. The van der Waals surface area contributed by atoms with E-state index in [1.54, 1.807) is 0 Å². The first kappa shape index (κ1) is 22.3. The highest BCUT2D eigenvalue weighted by Crippen LogP contribution is 2.14. The summed E-state index contributed by atoms with van der Waals surface area (Å²) >= 11 is 0. The zero-order chi connectivity index (χ0) is 18.2. The van der Waals surface area contributed by atoms with Crippen molar-refractivity contribution in [2.75, 3.05) is 0 Å². The maximum Gasteiger partial charge on any atom is 0.254 e. The van der Waals surface area contributed by atoms with Crippen LogP contribution in [0, 0.1) is 5.92 Å². The highest BCUT2D eigenvalue weighted by atomic mass is 15.1. The maximum atomic E-state index is 3.40. The summed E-state index contributed by atoms with van der Waals surface area (Å²) in [5.74, 6) is 2.30. The van der Waals surface area contributed by atoms with Crippen LogP contribution in [0.25, 0.3) is 0 Å². The zero-order valence-electron chi connectivity index (χ0n) is 17.5. The first-order chi connectivity index (χ1) is 12.2. The van der Waals surface area contributed by atoms with Crippen LogP contribution in [0.3, 0.4) is 0 Å². The average Bonchev–Trinajstić information content (AvgIpc) is 3.02. The number of imidazole rings is 1. The third kappa shape index (κ3) is 12.2. The van der Waals surface area contributed by atoms with Gasteiger partial charge in [0.05, 0.1) is 6.54 Å². The molecule has 0 fully saturated rings. The lowest BCUT2D eigenvalue weighted by Crippen LogP contribution is -2.35. The summed E-state index contributed by atoms with van der Waals surface area (Å²) in [5.41, 5.74) is 0. The largest absolute Gasteiger partial charge is 0.254 e. The van der Waals surface area contributed by atoms with Crippen LogP contribution in [0.1, 0.15) is 116 Å². The van der Waals surface area contributed by atoms with Crippen molar-refractivity contribution in [1.29, 1.82) is 0 Å². The van der Waals surface area contributed by atoms with Gasteiger partial charge < -0.3 is 0 Å². The zero-order valence-corrected chi connectivity index (χ0v) is 17.5. The van der Waals surface area contributed by atoms with Crippen LogP contribution >= 0.6 is 0 Å². The molecular weight excluding hydrogens is 304 g/mol. The molecule has 0 spiro atoms. The van der Waals surface area contributed by atoms with Crippen LogP contribution in [0.5, 0.6) is 0 Å². The Balaban J connectivity index is 1.81. The molecule has 0 amide bonds. The molecule has 0 aromatic carbocycles. The Bertz CT molecular complexity index is 395. The molecule has 0 aliphatic carbocycles. The number of hydrogen-bond donors (Lipinski definition) is 1. The minimum absolute atomic E-state index is 0.889. The Hall–Kier alpha value is -0.790. The Morgan fingerprint density at radius 1 is 0.800 bits per heavy atom. The minimum atomic E-state index is 0.889. The van der Waals surface area contributed by atoms with Crippen molar-refractivity contribution >= 4 is 0 Å². The van der Waals surface area contributed by atoms with Crippen molar-refractivity contribution in [2.45, 2.75) is 124 Å². The smallest absolute Gasteiger partial charge is 0.248 e. The summed E-state index contributed by atoms with van der Waals surface area (Å²) in [6.45, 7) is 8.07. The Morgan fingerprint density at radius 2 is 1.32 bits per heavy atom. The molecule has 1 heterocycles. The molecule has 1 aromatic rings. The van der Waals surface area contributed by atoms with Crippen molar-refractivity contribution in [3.05, 3.63) is 18.2 Å². The number of aryl methyl sites for hydroxylation is 2. The van der Waals surface area contributed by atoms with Gasteiger partial charge in [-0.15, -0.1) is 0 Å². The van der Waals surface area contributed by atoms with E-state index in [4.69, 9.17) is 0 Å². The summed E-state index contributed by atoms with van der Waals surface area (Å²) < 4.78 is 2.38. The first-order valence-electron chi connectivity index (χ1n) is 11.3. The number of aromatic nitrogens is 2. The number of unbranched alkanes of at least 4 members (excludes halogenated alkanes) is 11. The topological polar surface area (TPSA) is 19.7 Å². The van der Waals surface area contributed by atoms with Gasteiger partial charge >= 0.3 is 0 Å². The van der Waals surface area contributed by atoms with E-state index in [1.807, 2.05) is 0 Å². The Kier molecular flexibility index (Phi) is 13.8. The highest BCUT2D eigenvalue weighted by molar-refractivity contribution is 4.77. The lowest BCUT2D eigenvalue weighted by atomic mass is 10.0. The first-order valence-corrected chi connectivity index (χ1v) is 11.3. The molecule has 0 bridgehead atoms. The van der Waals surface area contributed by atoms with Crippen molar-refractivity contribution in [2.24, 2.45) is 5.92 Å². The SMILES string of the molecule is CCC[n+]1cc[nH]c1CCCCCCCCCCCCCCC(C)C. The van der Waals surface area contributed by atoms with Gasteiger partial charge in [0, 0.05) is 6.42 Å². The standard InChI is InChI=1S/C23H44N2/c1-4-20-25-21-19-24-23(25)18-16-14-12-10-8-6-5-7-9-11-13-15-17-22(2)3/h19,21-22H,4-18,20H2,1-3H3/p+1. The molecule has 1 aromatic heterocycles. The molecule has 0 radical (unpaired) electrons. The van der Waals surface area contributed by atoms with Crippen LogP contribution in [-0.2, 0) is 13.0 Å². The molecule has 0 unspecified atom stereocenters. The molecule has 1 rings (SSSR count). The van der Waals surface area contributed by atoms with E-state index in [-0.39, 0.29) is 0 Å². The van der Waals surface area contributed by atoms with Gasteiger partial charge in [-0.1, -0.05) is 97.8 Å². The molecular formula is C23H45N2+. The molecule has 2 heteroatoms. The fourth-order valence-corrected chi connectivity index (χ4v) is 3.68. The van der Waals surface area contributed by atoms with Gasteiger partial charge in [0.1, 0.15) is 12.4 Å². The number of aromatic amines is 1. The second-order valence-electron chi connectivity index (χ2n) is 8.28. The van der Waals surface area contributed by atoms with E-state index >= 15 is 0 Å². The van der Waals surface area contributed by atoms with Crippen LogP contribution in [-0.4, -0.2) is 4.98 Å². The number of nitrogens with one attached hydrogen (secondary N) is 1. The minimum Gasteiger partial charge on any atom is -0.248 e. The quantitative estimate of drug-likeness (QED) is 0.231. The van der Waals surface area contributed by atoms with E-state index in [0.29, 0.717) is 0 Å². The number of hydrogen-bond acceptors (Lipinski definition) is 0. The number of nitrogens with zero attached hydrogens (tertiary/aromatic N) is 1. The predicted molar refractivity (Wildman–Crippen MR) is 110 cm³/mol. The lowest BCUT2D eigenvalue weighted by Gasteiger charge is -2.05. The molecule has 0 aliphatic rings. The maximum absolute atomic E-state index is 3.40. The number of rotatable bonds is 17. The van der Waals surface area contributed by atoms with Gasteiger partial charge in [0.25, 0.3) is 5.82 Å². The van der Waals surface area contributed by atoms with E-state index in [0.717, 1.165) is 12.5 Å². The van der Waals surface area contributed by atoms with Crippen molar-refractivity contribution in [3.8, 4) is 0 Å². The highest BCUT2D eigenvalue weighted by Gasteiger charge is 2.08. The normalized spacial score (nSPS) is 11.5. The molecule has 0 saturated heterocycles. The Morgan fingerprint density at radius 3 is 1.84 bits per heavy atom. The predicted octanol–water partition coefficient (Wildman–Crippen LogP) is 6.98. The van der Waals surface area contributed by atoms with E-state index in [1.165, 1.54) is 102 Å². The van der Waals surface area contributed by atoms with Crippen LogP contribution in [0.2, 0.25) is 0 Å². The monoisotopic (exact) mass is 349 g/mol. The van der Waals surface area contributed by atoms with Crippen LogP contribution < -0.4 is 4.57 Å². The summed E-state index contributed by atoms with van der Waals surface area (Å²) in [6, 6.07) is 0. The van der Waals surface area contributed by atoms with E-state index in [9.17, 15) is 0 Å². The summed E-state index contributed by atoms with van der Waals surface area (Å²) in [4.78, 5) is 3.40. The van der Waals surface area contributed by atoms with Gasteiger partial charge in [-0.05, 0) is 18.8 Å². The molecule has 25 heavy (non-hydrogen) atoms. The second-order valence-corrected chi connectivity index (χ2v) is 8.28. The fraction of sp³-hybridized carbons (Fsp3) is 0.870. The molecule has 1 N–H and O–H groups in total. The van der Waals surface area contributed by atoms with Crippen molar-refractivity contribution < 1.29 is 4.57 Å². The molecule has 0 aliphatic heterocycles. The molecule has 2 nitrogen and oxygen atoms in total. The molecule has 0 saturated carbocycles. The van der Waals surface area contributed by atoms with Crippen molar-refractivity contribution in [3.63, 3.8) is 0 Å². The fourth-order valence-electron chi connectivity index (χ4n) is 3.68. The molecule has 0 atom stereocenters. The lowest BCUT2D eigenvalue weighted by molar-refractivity contribution is -0.702. The third-order valence-electron chi connectivity index (χ3n) is 5.26. The Labute approximate surface area is 157 Å². The van der Waals surface area contributed by atoms with Gasteiger partial charge in [0.2, 0.25) is 0 Å². The third-order valence-corrected chi connectivity index (χ3v) is 5.26. The molecule has 146 valence electrons. The van der Waals surface area contributed by atoms with Gasteiger partial charge in [-0.3, -0.25) is 0 Å². The van der Waals surface area contributed by atoms with Gasteiger partial charge in [0.15, 0.2) is 0 Å². The van der Waals surface area contributed by atoms with E-state index in [2.05, 4.69) is 42.7 Å². The summed E-state index contributed by atoms with van der Waals surface area (Å²) in [7, 11) is 0. The van der Waals surface area contributed by atoms with Gasteiger partial charge in [-0.2, -0.15) is 0 Å². The summed E-state index contributed by atoms with van der Waals surface area (Å²) in [5, 5.41) is 0.